The van der Waals surface area contributed by atoms with Crippen LogP contribution in [0.1, 0.15) is 26.7 Å². The van der Waals surface area contributed by atoms with Gasteiger partial charge in [0.05, 0.1) is 25.3 Å². The van der Waals surface area contributed by atoms with Crippen molar-refractivity contribution in [2.75, 3.05) is 26.3 Å². The van der Waals surface area contributed by atoms with Gasteiger partial charge >= 0.3 is 0 Å². The maximum atomic E-state index is 11.8. The zero-order valence-electron chi connectivity index (χ0n) is 10.1. The summed E-state index contributed by atoms with van der Waals surface area (Å²) >= 11 is 0. The molecule has 0 aromatic rings. The van der Waals surface area contributed by atoms with Gasteiger partial charge < -0.3 is 15.1 Å². The molecule has 1 aliphatic rings. The van der Waals surface area contributed by atoms with E-state index < -0.39 is 5.54 Å². The molecule has 5 heteroatoms. The fourth-order valence-electron chi connectivity index (χ4n) is 1.58. The zero-order chi connectivity index (χ0) is 12.2. The highest BCUT2D eigenvalue weighted by atomic mass is 16.3. The second kappa shape index (κ2) is 5.61. The molecule has 94 valence electrons. The van der Waals surface area contributed by atoms with Gasteiger partial charge in [-0.15, -0.1) is 0 Å². The Morgan fingerprint density at radius 1 is 1.44 bits per heavy atom. The number of carbonyl (C=O) groups excluding carboxylic acids is 1. The van der Waals surface area contributed by atoms with Gasteiger partial charge in [0.15, 0.2) is 0 Å². The number of nitrogens with one attached hydrogen (secondary N) is 1. The van der Waals surface area contributed by atoms with Crippen LogP contribution < -0.4 is 5.32 Å². The van der Waals surface area contributed by atoms with Gasteiger partial charge in [-0.05, 0) is 26.7 Å². The maximum absolute atomic E-state index is 11.8. The smallest absolute Gasteiger partial charge is 0.236 e. The molecule has 0 aliphatic heterocycles. The molecule has 16 heavy (non-hydrogen) atoms. The Bertz CT molecular complexity index is 237. The van der Waals surface area contributed by atoms with Gasteiger partial charge in [-0.2, -0.15) is 0 Å². The maximum Gasteiger partial charge on any atom is 0.236 e. The van der Waals surface area contributed by atoms with Gasteiger partial charge in [-0.25, -0.2) is 0 Å². The summed E-state index contributed by atoms with van der Waals surface area (Å²) in [7, 11) is 0. The van der Waals surface area contributed by atoms with Crippen molar-refractivity contribution in [3.05, 3.63) is 0 Å². The van der Waals surface area contributed by atoms with Crippen LogP contribution in [0.5, 0.6) is 0 Å². The highest BCUT2D eigenvalue weighted by Crippen LogP contribution is 2.26. The third-order valence-corrected chi connectivity index (χ3v) is 3.01. The molecule has 0 spiro atoms. The van der Waals surface area contributed by atoms with Gasteiger partial charge in [0.2, 0.25) is 5.91 Å². The average molecular weight is 230 g/mol. The summed E-state index contributed by atoms with van der Waals surface area (Å²) in [6.45, 7) is 4.17. The molecule has 1 saturated carbocycles. The van der Waals surface area contributed by atoms with Crippen LogP contribution in [-0.2, 0) is 4.79 Å². The first-order valence-electron chi connectivity index (χ1n) is 5.82. The molecule has 5 nitrogen and oxygen atoms in total. The van der Waals surface area contributed by atoms with E-state index in [1.54, 1.807) is 6.92 Å². The summed E-state index contributed by atoms with van der Waals surface area (Å²) in [5, 5.41) is 21.0. The number of hydrogen-bond acceptors (Lipinski definition) is 4. The van der Waals surface area contributed by atoms with Gasteiger partial charge in [-0.1, -0.05) is 0 Å². The number of amides is 1. The number of hydrogen-bond donors (Lipinski definition) is 3. The van der Waals surface area contributed by atoms with Crippen molar-refractivity contribution in [3.63, 3.8) is 0 Å². The van der Waals surface area contributed by atoms with Crippen LogP contribution >= 0.6 is 0 Å². The molecule has 1 aliphatic carbocycles. The van der Waals surface area contributed by atoms with Gasteiger partial charge in [-0.3, -0.25) is 10.1 Å². The molecule has 0 unspecified atom stereocenters. The minimum atomic E-state index is -0.779. The second-order valence-corrected chi connectivity index (χ2v) is 4.64. The van der Waals surface area contributed by atoms with E-state index in [1.165, 1.54) is 0 Å². The van der Waals surface area contributed by atoms with Crippen LogP contribution in [0.25, 0.3) is 0 Å². The predicted molar refractivity (Wildman–Crippen MR) is 61.0 cm³/mol. The van der Waals surface area contributed by atoms with Crippen LogP contribution in [0.3, 0.4) is 0 Å². The Kier molecular flexibility index (Phi) is 4.70. The van der Waals surface area contributed by atoms with Crippen molar-refractivity contribution >= 4 is 5.91 Å². The summed E-state index contributed by atoms with van der Waals surface area (Å²) in [5.74, 6) is 0.0399. The van der Waals surface area contributed by atoms with E-state index in [1.807, 2.05) is 11.8 Å². The first-order valence-corrected chi connectivity index (χ1v) is 5.82. The molecule has 0 atom stereocenters. The number of nitrogens with zero attached hydrogens (tertiary/aromatic N) is 1. The van der Waals surface area contributed by atoms with Crippen LogP contribution in [-0.4, -0.2) is 58.9 Å². The minimum Gasteiger partial charge on any atom is -0.394 e. The molecular formula is C11H22N2O3. The SMILES string of the molecule is CCN(C(=O)CNC(C)(CO)CO)C1CC1. The molecule has 0 aromatic carbocycles. The number of aliphatic hydroxyl groups excluding tert-OH is 2. The summed E-state index contributed by atoms with van der Waals surface area (Å²) in [5.41, 5.74) is -0.779. The second-order valence-electron chi connectivity index (χ2n) is 4.64. The number of likely N-dealkylation sites (N-methyl/N-ethyl adjacent to an activating group) is 1. The summed E-state index contributed by atoms with van der Waals surface area (Å²) in [4.78, 5) is 13.7. The minimum absolute atomic E-state index is 0.0399. The highest BCUT2D eigenvalue weighted by Gasteiger charge is 2.32. The van der Waals surface area contributed by atoms with E-state index >= 15 is 0 Å². The summed E-state index contributed by atoms with van der Waals surface area (Å²) in [6.07, 6.45) is 2.19. The van der Waals surface area contributed by atoms with Gasteiger partial charge in [0.1, 0.15) is 0 Å². The molecule has 3 N–H and O–H groups in total. The van der Waals surface area contributed by atoms with E-state index in [-0.39, 0.29) is 25.7 Å². The summed E-state index contributed by atoms with van der Waals surface area (Å²) in [6, 6.07) is 0.411. The van der Waals surface area contributed by atoms with Crippen molar-refractivity contribution in [2.24, 2.45) is 0 Å². The van der Waals surface area contributed by atoms with Crippen molar-refractivity contribution in [3.8, 4) is 0 Å². The third kappa shape index (κ3) is 3.43. The monoisotopic (exact) mass is 230 g/mol. The Morgan fingerprint density at radius 3 is 2.38 bits per heavy atom. The normalized spacial score (nSPS) is 16.2. The lowest BCUT2D eigenvalue weighted by Crippen LogP contribution is -2.53. The fourth-order valence-corrected chi connectivity index (χ4v) is 1.58. The molecule has 1 fully saturated rings. The Morgan fingerprint density at radius 2 is 2.00 bits per heavy atom. The molecule has 0 bridgehead atoms. The van der Waals surface area contributed by atoms with E-state index in [9.17, 15) is 4.79 Å². The standard InChI is InChI=1S/C11H22N2O3/c1-3-13(9-4-5-9)10(16)6-12-11(2,7-14)8-15/h9,12,14-15H,3-8H2,1-2H3. The molecule has 0 aromatic heterocycles. The van der Waals surface area contributed by atoms with Crippen LogP contribution in [0.4, 0.5) is 0 Å². The van der Waals surface area contributed by atoms with E-state index in [0.717, 1.165) is 19.4 Å². The Balaban J connectivity index is 2.38. The lowest BCUT2D eigenvalue weighted by molar-refractivity contribution is -0.131. The van der Waals surface area contributed by atoms with Crippen LogP contribution in [0.2, 0.25) is 0 Å². The Labute approximate surface area is 96.4 Å². The quantitative estimate of drug-likeness (QED) is 0.542. The lowest BCUT2D eigenvalue weighted by atomic mass is 10.1. The van der Waals surface area contributed by atoms with E-state index in [4.69, 9.17) is 10.2 Å². The topological polar surface area (TPSA) is 72.8 Å². The van der Waals surface area contributed by atoms with Gasteiger partial charge in [0, 0.05) is 12.6 Å². The average Bonchev–Trinajstić information content (AvgIpc) is 3.11. The van der Waals surface area contributed by atoms with Crippen molar-refractivity contribution in [1.29, 1.82) is 0 Å². The van der Waals surface area contributed by atoms with Crippen molar-refractivity contribution in [1.82, 2.24) is 10.2 Å². The van der Waals surface area contributed by atoms with E-state index in [0.29, 0.717) is 6.04 Å². The van der Waals surface area contributed by atoms with E-state index in [2.05, 4.69) is 5.32 Å². The number of rotatable bonds is 7. The number of carbonyl (C=O) groups is 1. The molecule has 0 saturated heterocycles. The first kappa shape index (κ1) is 13.4. The zero-order valence-corrected chi connectivity index (χ0v) is 10.1. The lowest BCUT2D eigenvalue weighted by Gasteiger charge is -2.28. The van der Waals surface area contributed by atoms with Crippen LogP contribution in [0.15, 0.2) is 0 Å². The first-order chi connectivity index (χ1) is 7.56. The third-order valence-electron chi connectivity index (χ3n) is 3.01. The Hall–Kier alpha value is -0.650. The number of aliphatic hydroxyl groups is 2. The van der Waals surface area contributed by atoms with Gasteiger partial charge in [0.25, 0.3) is 0 Å². The predicted octanol–water partition coefficient (Wildman–Crippen LogP) is -0.670. The van der Waals surface area contributed by atoms with Crippen molar-refractivity contribution < 1.29 is 15.0 Å². The van der Waals surface area contributed by atoms with Crippen LogP contribution in [0, 0.1) is 0 Å². The molecule has 1 amide bonds. The largest absolute Gasteiger partial charge is 0.394 e. The molecule has 1 rings (SSSR count). The fraction of sp³-hybridized carbons (Fsp3) is 0.909. The molecule has 0 heterocycles. The molecule has 0 radical (unpaired) electrons. The summed E-state index contributed by atoms with van der Waals surface area (Å²) < 4.78 is 0. The highest BCUT2D eigenvalue weighted by molar-refractivity contribution is 5.79. The van der Waals surface area contributed by atoms with Crippen molar-refractivity contribution in [2.45, 2.75) is 38.3 Å². The molecular weight excluding hydrogens is 208 g/mol.